The van der Waals surface area contributed by atoms with E-state index in [0.29, 0.717) is 18.2 Å². The lowest BCUT2D eigenvalue weighted by Crippen LogP contribution is -2.38. The minimum Gasteiger partial charge on any atom is -0.408 e. The maximum Gasteiger partial charge on any atom is 0.419 e. The molecule has 0 radical (unpaired) electrons. The second-order valence-corrected chi connectivity index (χ2v) is 6.25. The van der Waals surface area contributed by atoms with Gasteiger partial charge in [0.25, 0.3) is 0 Å². The number of aromatic nitrogens is 1. The summed E-state index contributed by atoms with van der Waals surface area (Å²) in [7, 11) is 0. The van der Waals surface area contributed by atoms with E-state index < -0.39 is 0 Å². The third-order valence-electron chi connectivity index (χ3n) is 4.52. The van der Waals surface area contributed by atoms with Crippen LogP contribution < -0.4 is 5.76 Å². The molecule has 0 saturated carbocycles. The molecule has 2 aromatic rings. The number of ether oxygens (including phenoxy) is 1. The number of aryl methyl sites for hydroxylation is 1. The number of likely N-dealkylation sites (tertiary alicyclic amines) is 1. The van der Waals surface area contributed by atoms with E-state index in [1.165, 1.54) is 0 Å². The van der Waals surface area contributed by atoms with Gasteiger partial charge < -0.3 is 14.1 Å². The maximum absolute atomic E-state index is 11.9. The van der Waals surface area contributed by atoms with Crippen molar-refractivity contribution in [3.63, 3.8) is 0 Å². The lowest BCUT2D eigenvalue weighted by Gasteiger charge is -2.31. The third kappa shape index (κ3) is 4.03. The molecule has 0 unspecified atom stereocenters. The number of hydrogen-bond donors (Lipinski definition) is 0. The lowest BCUT2D eigenvalue weighted by molar-refractivity contribution is 0.00757. The number of rotatable bonds is 7. The van der Waals surface area contributed by atoms with E-state index in [4.69, 9.17) is 9.15 Å². The number of hydrogen-bond acceptors (Lipinski definition) is 4. The Bertz CT molecular complexity index is 668. The summed E-state index contributed by atoms with van der Waals surface area (Å²) in [5.41, 5.74) is 1.57. The number of benzene rings is 1. The first-order valence-electron chi connectivity index (χ1n) is 8.70. The average molecular weight is 318 g/mol. The smallest absolute Gasteiger partial charge is 0.408 e. The van der Waals surface area contributed by atoms with Crippen molar-refractivity contribution < 1.29 is 9.15 Å². The number of para-hydroxylation sites is 2. The highest BCUT2D eigenvalue weighted by Crippen LogP contribution is 2.15. The second kappa shape index (κ2) is 7.79. The van der Waals surface area contributed by atoms with Gasteiger partial charge >= 0.3 is 5.76 Å². The van der Waals surface area contributed by atoms with Crippen LogP contribution in [0.15, 0.2) is 33.5 Å². The number of fused-ring (bicyclic) bond motifs is 1. The van der Waals surface area contributed by atoms with Crippen LogP contribution in [0.4, 0.5) is 0 Å². The molecule has 0 bridgehead atoms. The van der Waals surface area contributed by atoms with Crippen LogP contribution in [-0.2, 0) is 11.3 Å². The van der Waals surface area contributed by atoms with Crippen LogP contribution in [0.25, 0.3) is 11.1 Å². The Hall–Kier alpha value is -1.59. The molecule has 5 heteroatoms. The molecule has 0 N–H and O–H groups in total. The van der Waals surface area contributed by atoms with Crippen LogP contribution in [0.5, 0.6) is 0 Å². The summed E-state index contributed by atoms with van der Waals surface area (Å²) < 4.78 is 12.8. The van der Waals surface area contributed by atoms with Crippen molar-refractivity contribution in [1.29, 1.82) is 0 Å². The van der Waals surface area contributed by atoms with Crippen LogP contribution in [0.2, 0.25) is 0 Å². The summed E-state index contributed by atoms with van der Waals surface area (Å²) in [5, 5.41) is 0. The van der Waals surface area contributed by atoms with Crippen molar-refractivity contribution in [2.24, 2.45) is 0 Å². The van der Waals surface area contributed by atoms with Crippen molar-refractivity contribution in [1.82, 2.24) is 9.47 Å². The molecule has 126 valence electrons. The average Bonchev–Trinajstić information content (AvgIpc) is 2.90. The fourth-order valence-electron chi connectivity index (χ4n) is 3.26. The van der Waals surface area contributed by atoms with Gasteiger partial charge in [-0.25, -0.2) is 4.79 Å². The molecule has 1 saturated heterocycles. The van der Waals surface area contributed by atoms with Gasteiger partial charge in [-0.05, 0) is 44.4 Å². The minimum absolute atomic E-state index is 0.252. The molecule has 0 atom stereocenters. The monoisotopic (exact) mass is 318 g/mol. The zero-order valence-electron chi connectivity index (χ0n) is 13.9. The topological polar surface area (TPSA) is 47.6 Å². The second-order valence-electron chi connectivity index (χ2n) is 6.25. The highest BCUT2D eigenvalue weighted by atomic mass is 16.5. The first-order chi connectivity index (χ1) is 11.3. The molecule has 0 spiro atoms. The van der Waals surface area contributed by atoms with E-state index in [0.717, 1.165) is 57.4 Å². The Balaban J connectivity index is 1.47. The Morgan fingerprint density at radius 2 is 2.00 bits per heavy atom. The van der Waals surface area contributed by atoms with Gasteiger partial charge in [0.1, 0.15) is 0 Å². The Labute approximate surface area is 136 Å². The number of oxazole rings is 1. The van der Waals surface area contributed by atoms with Crippen LogP contribution >= 0.6 is 0 Å². The van der Waals surface area contributed by atoms with Gasteiger partial charge in [-0.1, -0.05) is 19.1 Å². The molecular formula is C18H26N2O3. The lowest BCUT2D eigenvalue weighted by atomic mass is 10.1. The summed E-state index contributed by atoms with van der Waals surface area (Å²) in [6, 6.07) is 7.61. The molecule has 1 aromatic carbocycles. The van der Waals surface area contributed by atoms with Crippen molar-refractivity contribution in [2.75, 3.05) is 26.2 Å². The molecule has 3 rings (SSSR count). The van der Waals surface area contributed by atoms with Gasteiger partial charge in [0.05, 0.1) is 11.6 Å². The van der Waals surface area contributed by atoms with Crippen LogP contribution in [0, 0.1) is 0 Å². The molecule has 23 heavy (non-hydrogen) atoms. The van der Waals surface area contributed by atoms with Crippen molar-refractivity contribution in [3.05, 3.63) is 34.8 Å². The predicted octanol–water partition coefficient (Wildman–Crippen LogP) is 2.88. The molecule has 1 aromatic heterocycles. The predicted molar refractivity (Wildman–Crippen MR) is 90.8 cm³/mol. The molecule has 5 nitrogen and oxygen atoms in total. The molecule has 0 aliphatic carbocycles. The van der Waals surface area contributed by atoms with Gasteiger partial charge in [0.15, 0.2) is 5.58 Å². The third-order valence-corrected chi connectivity index (χ3v) is 4.52. The van der Waals surface area contributed by atoms with E-state index in [1.54, 1.807) is 4.57 Å². The molecule has 0 amide bonds. The Morgan fingerprint density at radius 1 is 1.22 bits per heavy atom. The first-order valence-corrected chi connectivity index (χ1v) is 8.70. The molecular weight excluding hydrogens is 292 g/mol. The highest BCUT2D eigenvalue weighted by molar-refractivity contribution is 5.72. The number of nitrogens with zero attached hydrogens (tertiary/aromatic N) is 2. The summed E-state index contributed by atoms with van der Waals surface area (Å²) in [6.45, 7) is 6.94. The first kappa shape index (κ1) is 16.3. The minimum atomic E-state index is -0.252. The summed E-state index contributed by atoms with van der Waals surface area (Å²) >= 11 is 0. The van der Waals surface area contributed by atoms with E-state index >= 15 is 0 Å². The zero-order valence-corrected chi connectivity index (χ0v) is 13.9. The standard InChI is InChI=1S/C18H26N2O3/c1-2-14-22-15-8-12-19(13-9-15)10-5-11-20-16-6-3-4-7-17(16)23-18(20)21/h3-4,6-7,15H,2,5,8-14H2,1H3. The maximum atomic E-state index is 11.9. The zero-order chi connectivity index (χ0) is 16.1. The number of piperidine rings is 1. The van der Waals surface area contributed by atoms with Crippen LogP contribution in [0.3, 0.4) is 0 Å². The summed E-state index contributed by atoms with van der Waals surface area (Å²) in [4.78, 5) is 14.4. The van der Waals surface area contributed by atoms with E-state index in [-0.39, 0.29) is 5.76 Å². The van der Waals surface area contributed by atoms with E-state index in [2.05, 4.69) is 11.8 Å². The van der Waals surface area contributed by atoms with Crippen molar-refractivity contribution in [2.45, 2.75) is 45.3 Å². The van der Waals surface area contributed by atoms with E-state index in [9.17, 15) is 4.79 Å². The van der Waals surface area contributed by atoms with Gasteiger partial charge in [0, 0.05) is 26.2 Å². The van der Waals surface area contributed by atoms with Crippen LogP contribution in [-0.4, -0.2) is 41.8 Å². The molecule has 1 aliphatic heterocycles. The molecule has 1 aliphatic rings. The van der Waals surface area contributed by atoms with Crippen molar-refractivity contribution in [3.8, 4) is 0 Å². The quantitative estimate of drug-likeness (QED) is 0.787. The van der Waals surface area contributed by atoms with Crippen LogP contribution in [0.1, 0.15) is 32.6 Å². The highest BCUT2D eigenvalue weighted by Gasteiger charge is 2.19. The molecule has 2 heterocycles. The Kier molecular flexibility index (Phi) is 5.51. The van der Waals surface area contributed by atoms with Gasteiger partial charge in [0.2, 0.25) is 0 Å². The Morgan fingerprint density at radius 3 is 2.78 bits per heavy atom. The SMILES string of the molecule is CCCOC1CCN(CCCn2c(=O)oc3ccccc32)CC1. The normalized spacial score (nSPS) is 17.1. The fraction of sp³-hybridized carbons (Fsp3) is 0.611. The fourth-order valence-corrected chi connectivity index (χ4v) is 3.26. The summed E-state index contributed by atoms with van der Waals surface area (Å²) in [6.07, 6.45) is 4.73. The largest absolute Gasteiger partial charge is 0.419 e. The van der Waals surface area contributed by atoms with E-state index in [1.807, 2.05) is 24.3 Å². The molecule has 1 fully saturated rings. The summed E-state index contributed by atoms with van der Waals surface area (Å²) in [5.74, 6) is -0.252. The van der Waals surface area contributed by atoms with Gasteiger partial charge in [-0.15, -0.1) is 0 Å². The van der Waals surface area contributed by atoms with Gasteiger partial charge in [-0.3, -0.25) is 4.57 Å². The van der Waals surface area contributed by atoms with Gasteiger partial charge in [-0.2, -0.15) is 0 Å². The van der Waals surface area contributed by atoms with Crippen molar-refractivity contribution >= 4 is 11.1 Å².